The number of rotatable bonds is 4. The number of carbonyl (C=O) groups is 2. The SMILES string of the molecule is COC(=O)C1CC(O)CN1C(=O)OCC[Si](C)(C)C. The number of aliphatic hydroxyl groups excluding tert-OH is 1. The summed E-state index contributed by atoms with van der Waals surface area (Å²) < 4.78 is 9.81. The average molecular weight is 289 g/mol. The summed E-state index contributed by atoms with van der Waals surface area (Å²) in [6.07, 6.45) is -1.05. The van der Waals surface area contributed by atoms with Crippen LogP contribution in [0.3, 0.4) is 0 Å². The Balaban J connectivity index is 2.52. The van der Waals surface area contributed by atoms with Crippen molar-refractivity contribution in [1.29, 1.82) is 0 Å². The van der Waals surface area contributed by atoms with Crippen molar-refractivity contribution in [3.05, 3.63) is 0 Å². The maximum absolute atomic E-state index is 11.9. The monoisotopic (exact) mass is 289 g/mol. The molecule has 2 unspecified atom stereocenters. The summed E-state index contributed by atoms with van der Waals surface area (Å²) in [5, 5.41) is 9.57. The molecule has 1 fully saturated rings. The van der Waals surface area contributed by atoms with E-state index in [1.54, 1.807) is 0 Å². The molecular weight excluding hydrogens is 266 g/mol. The van der Waals surface area contributed by atoms with E-state index in [2.05, 4.69) is 24.4 Å². The summed E-state index contributed by atoms with van der Waals surface area (Å²) >= 11 is 0. The van der Waals surface area contributed by atoms with Gasteiger partial charge < -0.3 is 14.6 Å². The predicted molar refractivity (Wildman–Crippen MR) is 72.6 cm³/mol. The number of carbonyl (C=O) groups excluding carboxylic acids is 2. The number of aliphatic hydroxyl groups is 1. The lowest BCUT2D eigenvalue weighted by molar-refractivity contribution is -0.145. The Morgan fingerprint density at radius 2 is 2.00 bits per heavy atom. The number of likely N-dealkylation sites (tertiary alicyclic amines) is 1. The standard InChI is InChI=1S/C12H23NO5Si/c1-17-11(15)10-7-9(14)8-13(10)12(16)18-5-6-19(2,3)4/h9-10,14H,5-8H2,1-4H3. The van der Waals surface area contributed by atoms with Gasteiger partial charge in [0.2, 0.25) is 0 Å². The van der Waals surface area contributed by atoms with Gasteiger partial charge in [-0.1, -0.05) is 19.6 Å². The fourth-order valence-electron chi connectivity index (χ4n) is 1.90. The van der Waals surface area contributed by atoms with Gasteiger partial charge in [-0.2, -0.15) is 0 Å². The third-order valence-corrected chi connectivity index (χ3v) is 4.77. The second kappa shape index (κ2) is 6.38. The molecule has 0 aromatic heterocycles. The Kier molecular flexibility index (Phi) is 5.36. The van der Waals surface area contributed by atoms with Crippen LogP contribution in [0.25, 0.3) is 0 Å². The fraction of sp³-hybridized carbons (Fsp3) is 0.833. The molecule has 7 heteroatoms. The van der Waals surface area contributed by atoms with E-state index in [1.807, 2.05) is 0 Å². The molecule has 1 N–H and O–H groups in total. The first-order chi connectivity index (χ1) is 8.74. The highest BCUT2D eigenvalue weighted by atomic mass is 28.3. The van der Waals surface area contributed by atoms with E-state index < -0.39 is 32.3 Å². The van der Waals surface area contributed by atoms with E-state index >= 15 is 0 Å². The summed E-state index contributed by atoms with van der Waals surface area (Å²) in [7, 11) is 0.00607. The number of β-amino-alcohol motifs (C(OH)–C–C–N with tert-alkyl or cyclic N) is 1. The number of hydrogen-bond donors (Lipinski definition) is 1. The smallest absolute Gasteiger partial charge is 0.410 e. The molecule has 1 aliphatic rings. The lowest BCUT2D eigenvalue weighted by Crippen LogP contribution is -2.42. The van der Waals surface area contributed by atoms with Gasteiger partial charge in [-0.15, -0.1) is 0 Å². The van der Waals surface area contributed by atoms with Crippen molar-refractivity contribution in [2.24, 2.45) is 0 Å². The van der Waals surface area contributed by atoms with Gasteiger partial charge in [0, 0.05) is 14.5 Å². The van der Waals surface area contributed by atoms with Gasteiger partial charge >= 0.3 is 12.1 Å². The highest BCUT2D eigenvalue weighted by Gasteiger charge is 2.40. The summed E-state index contributed by atoms with van der Waals surface area (Å²) in [6, 6.07) is 0.136. The molecule has 0 aromatic carbocycles. The van der Waals surface area contributed by atoms with E-state index in [-0.39, 0.29) is 13.0 Å². The fourth-order valence-corrected chi connectivity index (χ4v) is 2.62. The van der Waals surface area contributed by atoms with Crippen LogP contribution in [0.1, 0.15) is 6.42 Å². The zero-order valence-corrected chi connectivity index (χ0v) is 13.0. The number of esters is 1. The van der Waals surface area contributed by atoms with Crippen LogP contribution in [-0.2, 0) is 14.3 Å². The minimum Gasteiger partial charge on any atom is -0.467 e. The molecule has 0 aliphatic carbocycles. The van der Waals surface area contributed by atoms with Crippen LogP contribution in [0.2, 0.25) is 25.7 Å². The van der Waals surface area contributed by atoms with Crippen LogP contribution in [-0.4, -0.2) is 62.6 Å². The molecule has 1 aliphatic heterocycles. The Morgan fingerprint density at radius 3 is 2.53 bits per heavy atom. The molecule has 1 saturated heterocycles. The van der Waals surface area contributed by atoms with Crippen LogP contribution in [0.15, 0.2) is 0 Å². The van der Waals surface area contributed by atoms with Crippen molar-refractivity contribution in [3.8, 4) is 0 Å². The number of ether oxygens (including phenoxy) is 2. The molecule has 0 saturated carbocycles. The highest BCUT2D eigenvalue weighted by Crippen LogP contribution is 2.20. The van der Waals surface area contributed by atoms with E-state index in [4.69, 9.17) is 4.74 Å². The summed E-state index contributed by atoms with van der Waals surface area (Å²) in [5.41, 5.74) is 0. The Hall–Kier alpha value is -1.08. The minimum atomic E-state index is -1.26. The molecule has 110 valence electrons. The molecule has 0 radical (unpaired) electrons. The van der Waals surface area contributed by atoms with Gasteiger partial charge in [-0.05, 0) is 6.04 Å². The molecule has 6 nitrogen and oxygen atoms in total. The lowest BCUT2D eigenvalue weighted by atomic mass is 10.2. The third kappa shape index (κ3) is 4.83. The minimum absolute atomic E-state index is 0.117. The number of methoxy groups -OCH3 is 1. The lowest BCUT2D eigenvalue weighted by Gasteiger charge is -2.22. The Morgan fingerprint density at radius 1 is 1.37 bits per heavy atom. The normalized spacial score (nSPS) is 23.3. The summed E-state index contributed by atoms with van der Waals surface area (Å²) in [5.74, 6) is -0.515. The highest BCUT2D eigenvalue weighted by molar-refractivity contribution is 6.76. The summed E-state index contributed by atoms with van der Waals surface area (Å²) in [6.45, 7) is 7.05. The van der Waals surface area contributed by atoms with Crippen molar-refractivity contribution in [3.63, 3.8) is 0 Å². The van der Waals surface area contributed by atoms with Crippen molar-refractivity contribution < 1.29 is 24.2 Å². The van der Waals surface area contributed by atoms with Gasteiger partial charge in [-0.3, -0.25) is 4.90 Å². The van der Waals surface area contributed by atoms with Crippen LogP contribution in [0.4, 0.5) is 4.79 Å². The van der Waals surface area contributed by atoms with Crippen molar-refractivity contribution in [2.75, 3.05) is 20.3 Å². The molecule has 0 bridgehead atoms. The largest absolute Gasteiger partial charge is 0.467 e. The van der Waals surface area contributed by atoms with E-state index in [9.17, 15) is 14.7 Å². The quantitative estimate of drug-likeness (QED) is 0.619. The van der Waals surface area contributed by atoms with Crippen LogP contribution in [0.5, 0.6) is 0 Å². The van der Waals surface area contributed by atoms with Gasteiger partial charge in [0.1, 0.15) is 6.04 Å². The van der Waals surface area contributed by atoms with Crippen LogP contribution < -0.4 is 0 Å². The molecule has 1 amide bonds. The van der Waals surface area contributed by atoms with Crippen molar-refractivity contribution in [1.82, 2.24) is 4.90 Å². The van der Waals surface area contributed by atoms with Crippen molar-refractivity contribution >= 4 is 20.1 Å². The summed E-state index contributed by atoms with van der Waals surface area (Å²) in [4.78, 5) is 24.7. The first kappa shape index (κ1) is 16.0. The maximum Gasteiger partial charge on any atom is 0.410 e. The molecule has 0 spiro atoms. The Bertz CT molecular complexity index is 342. The maximum atomic E-state index is 11.9. The van der Waals surface area contributed by atoms with Crippen LogP contribution >= 0.6 is 0 Å². The Labute approximate surface area is 114 Å². The molecule has 2 atom stereocenters. The molecule has 0 aromatic rings. The second-order valence-corrected chi connectivity index (χ2v) is 11.6. The van der Waals surface area contributed by atoms with E-state index in [0.29, 0.717) is 6.61 Å². The predicted octanol–water partition coefficient (Wildman–Crippen LogP) is 1.07. The van der Waals surface area contributed by atoms with Crippen LogP contribution in [0, 0.1) is 0 Å². The van der Waals surface area contributed by atoms with E-state index in [1.165, 1.54) is 12.0 Å². The molecule has 1 heterocycles. The first-order valence-corrected chi connectivity index (χ1v) is 10.1. The zero-order chi connectivity index (χ0) is 14.6. The van der Waals surface area contributed by atoms with Crippen molar-refractivity contribution in [2.45, 2.75) is 44.3 Å². The topological polar surface area (TPSA) is 76.1 Å². The molecule has 19 heavy (non-hydrogen) atoms. The number of amides is 1. The molecular formula is C12H23NO5Si. The third-order valence-electron chi connectivity index (χ3n) is 3.06. The zero-order valence-electron chi connectivity index (χ0n) is 12.0. The first-order valence-electron chi connectivity index (χ1n) is 6.44. The average Bonchev–Trinajstić information content (AvgIpc) is 2.68. The van der Waals surface area contributed by atoms with Gasteiger partial charge in [0.05, 0.1) is 26.4 Å². The van der Waals surface area contributed by atoms with Gasteiger partial charge in [-0.25, -0.2) is 9.59 Å². The number of nitrogens with zero attached hydrogens (tertiary/aromatic N) is 1. The van der Waals surface area contributed by atoms with Gasteiger partial charge in [0.25, 0.3) is 0 Å². The molecule has 1 rings (SSSR count). The number of hydrogen-bond acceptors (Lipinski definition) is 5. The van der Waals surface area contributed by atoms with Gasteiger partial charge in [0.15, 0.2) is 0 Å². The second-order valence-electron chi connectivity index (χ2n) is 6.01. The van der Waals surface area contributed by atoms with E-state index in [0.717, 1.165) is 6.04 Å².